The van der Waals surface area contributed by atoms with Gasteiger partial charge in [0, 0.05) is 19.1 Å². The van der Waals surface area contributed by atoms with Gasteiger partial charge in [0.25, 0.3) is 5.91 Å². The van der Waals surface area contributed by atoms with Crippen molar-refractivity contribution in [1.82, 2.24) is 14.8 Å². The average Bonchev–Trinajstić information content (AvgIpc) is 2.77. The second-order valence-electron chi connectivity index (χ2n) is 4.60. The van der Waals surface area contributed by atoms with Gasteiger partial charge < -0.3 is 15.5 Å². The molecule has 1 aliphatic heterocycles. The zero-order valence-electron chi connectivity index (χ0n) is 10.3. The summed E-state index contributed by atoms with van der Waals surface area (Å²) in [7, 11) is 4.08. The minimum Gasteiger partial charge on any atom is -0.384 e. The predicted octanol–water partition coefficient (Wildman–Crippen LogP) is 0.440. The van der Waals surface area contributed by atoms with Crippen molar-refractivity contribution in [3.8, 4) is 0 Å². The third kappa shape index (κ3) is 2.55. The van der Waals surface area contributed by atoms with Crippen LogP contribution < -0.4 is 5.73 Å². The van der Waals surface area contributed by atoms with Crippen molar-refractivity contribution < 1.29 is 4.79 Å². The maximum Gasteiger partial charge on any atom is 0.272 e. The van der Waals surface area contributed by atoms with Gasteiger partial charge in [-0.2, -0.15) is 0 Å². The Kier molecular flexibility index (Phi) is 3.28. The molecule has 92 valence electrons. The minimum absolute atomic E-state index is 0.0262. The average molecular weight is 234 g/mol. The lowest BCUT2D eigenvalue weighted by molar-refractivity contribution is 0.0777. The number of likely N-dealkylation sites (N-methyl/N-ethyl adjacent to an activating group) is 1. The standard InChI is InChI=1S/C12H18N4O/c1-15(2)9-6-7-16(8-9)12(17)10-4-3-5-11(13)14-10/h3-5,9H,6-8H2,1-2H3,(H2,13,14)/t9-/m1/s1. The van der Waals surface area contributed by atoms with Crippen LogP contribution >= 0.6 is 0 Å². The Morgan fingerprint density at radius 2 is 2.29 bits per heavy atom. The molecule has 2 rings (SSSR count). The number of nitrogen functional groups attached to an aromatic ring is 1. The molecule has 1 aliphatic rings. The number of hydrogen-bond donors (Lipinski definition) is 1. The van der Waals surface area contributed by atoms with E-state index in [4.69, 9.17) is 5.73 Å². The molecule has 1 aromatic heterocycles. The van der Waals surface area contributed by atoms with Crippen molar-refractivity contribution in [2.24, 2.45) is 0 Å². The Balaban J connectivity index is 2.07. The molecule has 1 saturated heterocycles. The summed E-state index contributed by atoms with van der Waals surface area (Å²) in [5.74, 6) is 0.362. The fourth-order valence-electron chi connectivity index (χ4n) is 2.08. The summed E-state index contributed by atoms with van der Waals surface area (Å²) in [6.45, 7) is 1.56. The summed E-state index contributed by atoms with van der Waals surface area (Å²) in [4.78, 5) is 20.2. The highest BCUT2D eigenvalue weighted by Gasteiger charge is 2.28. The molecule has 0 bridgehead atoms. The van der Waals surface area contributed by atoms with Crippen LogP contribution in [0.25, 0.3) is 0 Å². The lowest BCUT2D eigenvalue weighted by Gasteiger charge is -2.20. The zero-order valence-corrected chi connectivity index (χ0v) is 10.3. The van der Waals surface area contributed by atoms with E-state index in [0.717, 1.165) is 19.5 Å². The van der Waals surface area contributed by atoms with Crippen LogP contribution in [0.3, 0.4) is 0 Å². The maximum absolute atomic E-state index is 12.2. The fourth-order valence-corrected chi connectivity index (χ4v) is 2.08. The number of pyridine rings is 1. The van der Waals surface area contributed by atoms with E-state index < -0.39 is 0 Å². The van der Waals surface area contributed by atoms with Gasteiger partial charge in [-0.1, -0.05) is 6.07 Å². The lowest BCUT2D eigenvalue weighted by Crippen LogP contribution is -2.34. The molecule has 0 unspecified atom stereocenters. The van der Waals surface area contributed by atoms with Crippen molar-refractivity contribution in [2.75, 3.05) is 32.9 Å². The van der Waals surface area contributed by atoms with E-state index >= 15 is 0 Å². The van der Waals surface area contributed by atoms with E-state index in [1.807, 2.05) is 19.0 Å². The molecular formula is C12H18N4O. The maximum atomic E-state index is 12.2. The van der Waals surface area contributed by atoms with E-state index in [0.29, 0.717) is 17.6 Å². The lowest BCUT2D eigenvalue weighted by atomic mass is 10.2. The molecular weight excluding hydrogens is 216 g/mol. The van der Waals surface area contributed by atoms with Gasteiger partial charge in [0.1, 0.15) is 11.5 Å². The van der Waals surface area contributed by atoms with Crippen LogP contribution in [-0.4, -0.2) is 53.9 Å². The fraction of sp³-hybridized carbons (Fsp3) is 0.500. The highest BCUT2D eigenvalue weighted by molar-refractivity contribution is 5.92. The Morgan fingerprint density at radius 1 is 1.53 bits per heavy atom. The molecule has 0 aliphatic carbocycles. The molecule has 0 saturated carbocycles. The smallest absolute Gasteiger partial charge is 0.272 e. The predicted molar refractivity (Wildman–Crippen MR) is 66.6 cm³/mol. The van der Waals surface area contributed by atoms with Gasteiger partial charge in [0.2, 0.25) is 0 Å². The monoisotopic (exact) mass is 234 g/mol. The first kappa shape index (κ1) is 11.9. The zero-order chi connectivity index (χ0) is 12.4. The van der Waals surface area contributed by atoms with E-state index in [1.54, 1.807) is 18.2 Å². The number of carbonyl (C=O) groups excluding carboxylic acids is 1. The van der Waals surface area contributed by atoms with E-state index in [1.165, 1.54) is 0 Å². The van der Waals surface area contributed by atoms with Crippen molar-refractivity contribution in [2.45, 2.75) is 12.5 Å². The molecule has 1 atom stereocenters. The molecule has 1 fully saturated rings. The van der Waals surface area contributed by atoms with E-state index in [9.17, 15) is 4.79 Å². The van der Waals surface area contributed by atoms with Gasteiger partial charge in [-0.25, -0.2) is 4.98 Å². The van der Waals surface area contributed by atoms with Gasteiger partial charge in [0.15, 0.2) is 0 Å². The molecule has 1 aromatic rings. The van der Waals surface area contributed by atoms with Gasteiger partial charge >= 0.3 is 0 Å². The van der Waals surface area contributed by atoms with Gasteiger partial charge in [-0.3, -0.25) is 4.79 Å². The van der Waals surface area contributed by atoms with E-state index in [2.05, 4.69) is 9.88 Å². The van der Waals surface area contributed by atoms with Crippen LogP contribution in [0, 0.1) is 0 Å². The molecule has 17 heavy (non-hydrogen) atoms. The molecule has 0 aromatic carbocycles. The highest BCUT2D eigenvalue weighted by Crippen LogP contribution is 2.15. The second kappa shape index (κ2) is 4.71. The van der Waals surface area contributed by atoms with Crippen molar-refractivity contribution in [1.29, 1.82) is 0 Å². The Bertz CT molecular complexity index is 419. The summed E-state index contributed by atoms with van der Waals surface area (Å²) >= 11 is 0. The van der Waals surface area contributed by atoms with Crippen LogP contribution in [-0.2, 0) is 0 Å². The largest absolute Gasteiger partial charge is 0.384 e. The number of nitrogens with zero attached hydrogens (tertiary/aromatic N) is 3. The number of rotatable bonds is 2. The van der Waals surface area contributed by atoms with Crippen molar-refractivity contribution in [3.05, 3.63) is 23.9 Å². The Hall–Kier alpha value is -1.62. The number of likely N-dealkylation sites (tertiary alicyclic amines) is 1. The third-order valence-corrected chi connectivity index (χ3v) is 3.17. The Morgan fingerprint density at radius 3 is 2.88 bits per heavy atom. The first-order valence-electron chi connectivity index (χ1n) is 5.76. The van der Waals surface area contributed by atoms with Crippen LogP contribution in [0.2, 0.25) is 0 Å². The number of nitrogens with two attached hydrogens (primary N) is 1. The summed E-state index contributed by atoms with van der Waals surface area (Å²) in [5, 5.41) is 0. The summed E-state index contributed by atoms with van der Waals surface area (Å²) in [6, 6.07) is 5.60. The minimum atomic E-state index is -0.0262. The van der Waals surface area contributed by atoms with Crippen LogP contribution in [0.5, 0.6) is 0 Å². The second-order valence-corrected chi connectivity index (χ2v) is 4.60. The van der Waals surface area contributed by atoms with Gasteiger partial charge in [-0.05, 0) is 32.6 Å². The molecule has 0 spiro atoms. The van der Waals surface area contributed by atoms with Crippen LogP contribution in [0.15, 0.2) is 18.2 Å². The van der Waals surface area contributed by atoms with Crippen LogP contribution in [0.1, 0.15) is 16.9 Å². The SMILES string of the molecule is CN(C)[C@@H]1CCN(C(=O)c2cccc(N)n2)C1. The van der Waals surface area contributed by atoms with Crippen molar-refractivity contribution >= 4 is 11.7 Å². The molecule has 2 heterocycles. The number of amides is 1. The van der Waals surface area contributed by atoms with Crippen molar-refractivity contribution in [3.63, 3.8) is 0 Å². The van der Waals surface area contributed by atoms with Crippen LogP contribution in [0.4, 0.5) is 5.82 Å². The topological polar surface area (TPSA) is 62.5 Å². The van der Waals surface area contributed by atoms with E-state index in [-0.39, 0.29) is 5.91 Å². The Labute approximate surface area is 101 Å². The van der Waals surface area contributed by atoms with Gasteiger partial charge in [0.05, 0.1) is 0 Å². The highest BCUT2D eigenvalue weighted by atomic mass is 16.2. The molecule has 5 nitrogen and oxygen atoms in total. The molecule has 0 radical (unpaired) electrons. The molecule has 1 amide bonds. The molecule has 5 heteroatoms. The third-order valence-electron chi connectivity index (χ3n) is 3.17. The number of carbonyl (C=O) groups is 1. The number of hydrogen-bond acceptors (Lipinski definition) is 4. The summed E-state index contributed by atoms with van der Waals surface area (Å²) < 4.78 is 0. The normalized spacial score (nSPS) is 19.9. The summed E-state index contributed by atoms with van der Waals surface area (Å²) in [5.41, 5.74) is 6.02. The quantitative estimate of drug-likeness (QED) is 0.806. The molecule has 2 N–H and O–H groups in total. The first-order valence-corrected chi connectivity index (χ1v) is 5.76. The van der Waals surface area contributed by atoms with Gasteiger partial charge in [-0.15, -0.1) is 0 Å². The number of aromatic nitrogens is 1. The summed E-state index contributed by atoms with van der Waals surface area (Å²) in [6.07, 6.45) is 1.01. The first-order chi connectivity index (χ1) is 8.08. The number of anilines is 1.